The van der Waals surface area contributed by atoms with Crippen LogP contribution in [0.25, 0.3) is 0 Å². The van der Waals surface area contributed by atoms with Gasteiger partial charge in [0.2, 0.25) is 0 Å². The standard InChI is InChI=1S/C8H15N/c1-6-3-7-4-8(7)5-9(6)2/h6-8H,3-5H2,1-2H3. The van der Waals surface area contributed by atoms with E-state index >= 15 is 0 Å². The van der Waals surface area contributed by atoms with Crippen LogP contribution in [-0.2, 0) is 0 Å². The first kappa shape index (κ1) is 5.72. The Morgan fingerprint density at radius 3 is 2.67 bits per heavy atom. The molecule has 1 saturated heterocycles. The number of nitrogens with zero attached hydrogens (tertiary/aromatic N) is 1. The van der Waals surface area contributed by atoms with Crippen LogP contribution in [0.4, 0.5) is 0 Å². The van der Waals surface area contributed by atoms with Crippen LogP contribution in [0.1, 0.15) is 19.8 Å². The molecule has 9 heavy (non-hydrogen) atoms. The molecule has 52 valence electrons. The maximum Gasteiger partial charge on any atom is 0.00667 e. The summed E-state index contributed by atoms with van der Waals surface area (Å²) < 4.78 is 0. The third-order valence-corrected chi connectivity index (χ3v) is 2.99. The van der Waals surface area contributed by atoms with E-state index in [4.69, 9.17) is 0 Å². The summed E-state index contributed by atoms with van der Waals surface area (Å²) in [6.07, 6.45) is 2.98. The molecule has 1 heterocycles. The first-order chi connectivity index (χ1) is 4.27. The predicted octanol–water partition coefficient (Wildman–Crippen LogP) is 1.35. The molecule has 1 heteroatoms. The quantitative estimate of drug-likeness (QED) is 0.472. The smallest absolute Gasteiger partial charge is 0.00667 e. The highest BCUT2D eigenvalue weighted by Crippen LogP contribution is 2.46. The highest BCUT2D eigenvalue weighted by molar-refractivity contribution is 4.94. The van der Waals surface area contributed by atoms with E-state index in [0.29, 0.717) is 0 Å². The zero-order valence-corrected chi connectivity index (χ0v) is 6.30. The van der Waals surface area contributed by atoms with E-state index < -0.39 is 0 Å². The molecule has 1 saturated carbocycles. The zero-order valence-electron chi connectivity index (χ0n) is 6.30. The van der Waals surface area contributed by atoms with Crippen LogP contribution in [0.3, 0.4) is 0 Å². The Labute approximate surface area is 57.0 Å². The zero-order chi connectivity index (χ0) is 6.43. The molecular weight excluding hydrogens is 110 g/mol. The molecule has 1 aliphatic heterocycles. The fraction of sp³-hybridized carbons (Fsp3) is 1.00. The minimum absolute atomic E-state index is 0.855. The molecule has 1 aliphatic carbocycles. The Bertz CT molecular complexity index is 108. The lowest BCUT2D eigenvalue weighted by atomic mass is 10.1. The SMILES string of the molecule is CC1CC2CC2CN1C. The lowest BCUT2D eigenvalue weighted by molar-refractivity contribution is 0.191. The molecule has 0 N–H and O–H groups in total. The highest BCUT2D eigenvalue weighted by atomic mass is 15.1. The molecule has 0 amide bonds. The second-order valence-electron chi connectivity index (χ2n) is 3.78. The van der Waals surface area contributed by atoms with Gasteiger partial charge in [-0.15, -0.1) is 0 Å². The van der Waals surface area contributed by atoms with Crippen LogP contribution in [0.15, 0.2) is 0 Å². The van der Waals surface area contributed by atoms with E-state index in [0.717, 1.165) is 17.9 Å². The topological polar surface area (TPSA) is 3.24 Å². The van der Waals surface area contributed by atoms with E-state index in [2.05, 4.69) is 18.9 Å². The predicted molar refractivity (Wildman–Crippen MR) is 38.3 cm³/mol. The monoisotopic (exact) mass is 125 g/mol. The van der Waals surface area contributed by atoms with Gasteiger partial charge in [-0.05, 0) is 38.6 Å². The number of piperidine rings is 1. The number of rotatable bonds is 0. The van der Waals surface area contributed by atoms with Gasteiger partial charge in [0.25, 0.3) is 0 Å². The number of hydrogen-bond acceptors (Lipinski definition) is 1. The minimum atomic E-state index is 0.855. The molecule has 3 atom stereocenters. The van der Waals surface area contributed by atoms with Gasteiger partial charge in [-0.2, -0.15) is 0 Å². The van der Waals surface area contributed by atoms with Gasteiger partial charge < -0.3 is 4.90 Å². The average molecular weight is 125 g/mol. The van der Waals surface area contributed by atoms with Gasteiger partial charge >= 0.3 is 0 Å². The number of likely N-dealkylation sites (tertiary alicyclic amines) is 1. The summed E-state index contributed by atoms with van der Waals surface area (Å²) in [4.78, 5) is 2.49. The molecule has 0 bridgehead atoms. The van der Waals surface area contributed by atoms with Gasteiger partial charge in [-0.1, -0.05) is 0 Å². The number of hydrogen-bond donors (Lipinski definition) is 0. The molecule has 2 aliphatic rings. The van der Waals surface area contributed by atoms with E-state index in [1.165, 1.54) is 19.4 Å². The molecule has 3 unspecified atom stereocenters. The lowest BCUT2D eigenvalue weighted by Gasteiger charge is -2.28. The third kappa shape index (κ3) is 0.877. The van der Waals surface area contributed by atoms with Crippen LogP contribution >= 0.6 is 0 Å². The minimum Gasteiger partial charge on any atom is -0.303 e. The van der Waals surface area contributed by atoms with Crippen molar-refractivity contribution in [3.05, 3.63) is 0 Å². The Morgan fingerprint density at radius 1 is 1.22 bits per heavy atom. The van der Waals surface area contributed by atoms with Crippen molar-refractivity contribution in [3.8, 4) is 0 Å². The van der Waals surface area contributed by atoms with E-state index in [1.54, 1.807) is 0 Å². The average Bonchev–Trinajstić information content (AvgIpc) is 2.46. The summed E-state index contributed by atoms with van der Waals surface area (Å²) in [5, 5.41) is 0. The Balaban J connectivity index is 1.98. The second-order valence-corrected chi connectivity index (χ2v) is 3.78. The molecule has 1 nitrogen and oxygen atoms in total. The van der Waals surface area contributed by atoms with Crippen molar-refractivity contribution in [1.82, 2.24) is 4.90 Å². The normalized spacial score (nSPS) is 50.7. The largest absolute Gasteiger partial charge is 0.303 e. The van der Waals surface area contributed by atoms with Crippen molar-refractivity contribution in [1.29, 1.82) is 0 Å². The van der Waals surface area contributed by atoms with Crippen molar-refractivity contribution in [2.24, 2.45) is 11.8 Å². The third-order valence-electron chi connectivity index (χ3n) is 2.99. The Kier molecular flexibility index (Phi) is 1.10. The van der Waals surface area contributed by atoms with Crippen LogP contribution in [0, 0.1) is 11.8 Å². The van der Waals surface area contributed by atoms with Crippen LogP contribution in [0.2, 0.25) is 0 Å². The summed E-state index contributed by atoms with van der Waals surface area (Å²) >= 11 is 0. The fourth-order valence-electron chi connectivity index (χ4n) is 1.99. The lowest BCUT2D eigenvalue weighted by Crippen LogP contribution is -2.35. The van der Waals surface area contributed by atoms with E-state index in [-0.39, 0.29) is 0 Å². The summed E-state index contributed by atoms with van der Waals surface area (Å²) in [6.45, 7) is 3.71. The molecule has 2 rings (SSSR count). The van der Waals surface area contributed by atoms with Crippen molar-refractivity contribution < 1.29 is 0 Å². The van der Waals surface area contributed by atoms with Crippen molar-refractivity contribution >= 4 is 0 Å². The number of fused-ring (bicyclic) bond motifs is 1. The first-order valence-corrected chi connectivity index (χ1v) is 3.97. The second kappa shape index (κ2) is 1.72. The molecule has 0 aromatic heterocycles. The van der Waals surface area contributed by atoms with Gasteiger partial charge in [0.1, 0.15) is 0 Å². The van der Waals surface area contributed by atoms with Gasteiger partial charge in [0.15, 0.2) is 0 Å². The Hall–Kier alpha value is -0.0400. The van der Waals surface area contributed by atoms with Crippen LogP contribution < -0.4 is 0 Å². The van der Waals surface area contributed by atoms with Crippen molar-refractivity contribution in [2.75, 3.05) is 13.6 Å². The fourth-order valence-corrected chi connectivity index (χ4v) is 1.99. The summed E-state index contributed by atoms with van der Waals surface area (Å²) in [6, 6.07) is 0.855. The molecule has 0 aromatic carbocycles. The maximum absolute atomic E-state index is 2.49. The van der Waals surface area contributed by atoms with Gasteiger partial charge in [0.05, 0.1) is 0 Å². The van der Waals surface area contributed by atoms with Crippen molar-refractivity contribution in [3.63, 3.8) is 0 Å². The highest BCUT2D eigenvalue weighted by Gasteiger charge is 2.42. The maximum atomic E-state index is 2.49. The van der Waals surface area contributed by atoms with Crippen LogP contribution in [0.5, 0.6) is 0 Å². The Morgan fingerprint density at radius 2 is 2.00 bits per heavy atom. The molecule has 0 spiro atoms. The summed E-state index contributed by atoms with van der Waals surface area (Å²) in [5.41, 5.74) is 0. The van der Waals surface area contributed by atoms with Crippen LogP contribution in [-0.4, -0.2) is 24.5 Å². The summed E-state index contributed by atoms with van der Waals surface area (Å²) in [7, 11) is 2.25. The first-order valence-electron chi connectivity index (χ1n) is 3.97. The van der Waals surface area contributed by atoms with Gasteiger partial charge in [0, 0.05) is 12.6 Å². The van der Waals surface area contributed by atoms with Gasteiger partial charge in [-0.25, -0.2) is 0 Å². The van der Waals surface area contributed by atoms with Gasteiger partial charge in [-0.3, -0.25) is 0 Å². The van der Waals surface area contributed by atoms with E-state index in [1.807, 2.05) is 0 Å². The molecule has 2 fully saturated rings. The van der Waals surface area contributed by atoms with E-state index in [9.17, 15) is 0 Å². The molecule has 0 aromatic rings. The summed E-state index contributed by atoms with van der Waals surface area (Å²) in [5.74, 6) is 2.21. The molecular formula is C8H15N. The van der Waals surface area contributed by atoms with Crippen molar-refractivity contribution in [2.45, 2.75) is 25.8 Å². The molecule has 0 radical (unpaired) electrons.